The lowest BCUT2D eigenvalue weighted by Gasteiger charge is -2.11. The van der Waals surface area contributed by atoms with Gasteiger partial charge in [-0.2, -0.15) is 0 Å². The van der Waals surface area contributed by atoms with E-state index < -0.39 is 9.84 Å². The maximum Gasteiger partial charge on any atom is 0.243 e. The Labute approximate surface area is 140 Å². The number of para-hydroxylation sites is 1. The van der Waals surface area contributed by atoms with E-state index in [9.17, 15) is 18.0 Å². The number of carbonyl (C=O) groups is 2. The van der Waals surface area contributed by atoms with Crippen molar-refractivity contribution in [2.75, 3.05) is 23.4 Å². The van der Waals surface area contributed by atoms with Crippen molar-refractivity contribution < 1.29 is 18.0 Å². The molecule has 2 aromatic rings. The van der Waals surface area contributed by atoms with Gasteiger partial charge in [-0.05, 0) is 31.2 Å². The Morgan fingerprint density at radius 2 is 1.75 bits per heavy atom. The minimum Gasteiger partial charge on any atom is -0.376 e. The second kappa shape index (κ2) is 7.27. The molecule has 0 unspecified atom stereocenters. The normalized spacial score (nSPS) is 10.9. The van der Waals surface area contributed by atoms with Crippen LogP contribution in [0.2, 0.25) is 0 Å². The number of Topliss-reactive ketones (excluding diaryl/α,β-unsaturated/α-hetero) is 1. The second-order valence-corrected chi connectivity index (χ2v) is 7.29. The Hall–Kier alpha value is -2.67. The lowest BCUT2D eigenvalue weighted by molar-refractivity contribution is -0.114. The third-order valence-electron chi connectivity index (χ3n) is 3.28. The molecule has 0 aliphatic heterocycles. The summed E-state index contributed by atoms with van der Waals surface area (Å²) in [6.45, 7) is 1.41. The molecule has 0 spiro atoms. The molecule has 0 atom stereocenters. The molecule has 0 aliphatic rings. The van der Waals surface area contributed by atoms with Crippen molar-refractivity contribution in [3.8, 4) is 0 Å². The van der Waals surface area contributed by atoms with Crippen LogP contribution < -0.4 is 10.6 Å². The van der Waals surface area contributed by atoms with Gasteiger partial charge in [0, 0.05) is 17.5 Å². The molecule has 126 valence electrons. The summed E-state index contributed by atoms with van der Waals surface area (Å²) in [7, 11) is -3.43. The predicted molar refractivity (Wildman–Crippen MR) is 93.1 cm³/mol. The number of hydrogen-bond donors (Lipinski definition) is 2. The van der Waals surface area contributed by atoms with Gasteiger partial charge in [-0.25, -0.2) is 8.42 Å². The van der Waals surface area contributed by atoms with Crippen LogP contribution in [0.25, 0.3) is 0 Å². The fourth-order valence-corrected chi connectivity index (χ4v) is 2.96. The zero-order valence-electron chi connectivity index (χ0n) is 13.4. The van der Waals surface area contributed by atoms with Gasteiger partial charge in [-0.3, -0.25) is 9.59 Å². The van der Waals surface area contributed by atoms with E-state index in [4.69, 9.17) is 0 Å². The fraction of sp³-hybridized carbons (Fsp3) is 0.176. The number of amides is 1. The maximum atomic E-state index is 12.0. The summed E-state index contributed by atoms with van der Waals surface area (Å²) in [5, 5.41) is 5.48. The third kappa shape index (κ3) is 4.66. The van der Waals surface area contributed by atoms with Crippen LogP contribution in [0.1, 0.15) is 17.3 Å². The summed E-state index contributed by atoms with van der Waals surface area (Å²) in [6, 6.07) is 13.0. The highest BCUT2D eigenvalue weighted by molar-refractivity contribution is 7.90. The Balaban J connectivity index is 2.05. The molecule has 7 heteroatoms. The average Bonchev–Trinajstić information content (AvgIpc) is 2.52. The summed E-state index contributed by atoms with van der Waals surface area (Å²) >= 11 is 0. The fourth-order valence-electron chi connectivity index (χ4n) is 2.12. The van der Waals surface area contributed by atoms with Crippen LogP contribution in [-0.4, -0.2) is 32.9 Å². The van der Waals surface area contributed by atoms with Gasteiger partial charge in [0.15, 0.2) is 15.6 Å². The molecule has 1 amide bonds. The Morgan fingerprint density at radius 1 is 1.04 bits per heavy atom. The number of benzene rings is 2. The highest BCUT2D eigenvalue weighted by Crippen LogP contribution is 2.20. The van der Waals surface area contributed by atoms with Crippen LogP contribution in [0.5, 0.6) is 0 Å². The zero-order valence-corrected chi connectivity index (χ0v) is 14.2. The van der Waals surface area contributed by atoms with Gasteiger partial charge >= 0.3 is 0 Å². The number of anilines is 2. The topological polar surface area (TPSA) is 92.3 Å². The van der Waals surface area contributed by atoms with E-state index in [-0.39, 0.29) is 28.8 Å². The minimum atomic E-state index is -3.43. The molecule has 0 bridgehead atoms. The molecule has 24 heavy (non-hydrogen) atoms. The minimum absolute atomic E-state index is 0.0561. The van der Waals surface area contributed by atoms with E-state index in [2.05, 4.69) is 10.6 Å². The standard InChI is InChI=1S/C17H18N2O4S/c1-12(20)13-6-5-7-14(10-13)18-11-17(21)19-15-8-3-4-9-16(15)24(2,22)23/h3-10,18H,11H2,1-2H3,(H,19,21). The van der Waals surface area contributed by atoms with Gasteiger partial charge in [0.2, 0.25) is 5.91 Å². The quantitative estimate of drug-likeness (QED) is 0.783. The molecule has 0 aromatic heterocycles. The molecule has 0 saturated heterocycles. The molecule has 0 fully saturated rings. The molecule has 2 rings (SSSR count). The van der Waals surface area contributed by atoms with Crippen molar-refractivity contribution in [2.45, 2.75) is 11.8 Å². The van der Waals surface area contributed by atoms with Crippen LogP contribution in [0.3, 0.4) is 0 Å². The van der Waals surface area contributed by atoms with Crippen LogP contribution in [0, 0.1) is 0 Å². The molecular formula is C17H18N2O4S. The Bertz CT molecular complexity index is 876. The molecule has 0 radical (unpaired) electrons. The van der Waals surface area contributed by atoms with Crippen LogP contribution in [0.4, 0.5) is 11.4 Å². The number of sulfone groups is 1. The summed E-state index contributed by atoms with van der Waals surface area (Å²) in [6.07, 6.45) is 1.09. The first-order valence-corrected chi connectivity index (χ1v) is 9.10. The van der Waals surface area contributed by atoms with E-state index in [0.717, 1.165) is 6.26 Å². The largest absolute Gasteiger partial charge is 0.376 e. The van der Waals surface area contributed by atoms with Crippen LogP contribution in [0.15, 0.2) is 53.4 Å². The maximum absolute atomic E-state index is 12.0. The van der Waals surface area contributed by atoms with Gasteiger partial charge in [-0.1, -0.05) is 24.3 Å². The third-order valence-corrected chi connectivity index (χ3v) is 4.44. The zero-order chi connectivity index (χ0) is 17.7. The van der Waals surface area contributed by atoms with E-state index >= 15 is 0 Å². The van der Waals surface area contributed by atoms with Crippen molar-refractivity contribution in [3.05, 3.63) is 54.1 Å². The van der Waals surface area contributed by atoms with Gasteiger partial charge in [0.25, 0.3) is 0 Å². The summed E-state index contributed by atoms with van der Waals surface area (Å²) in [5.74, 6) is -0.454. The first-order chi connectivity index (χ1) is 11.3. The predicted octanol–water partition coefficient (Wildman–Crippen LogP) is 2.34. The number of nitrogens with one attached hydrogen (secondary N) is 2. The highest BCUT2D eigenvalue weighted by atomic mass is 32.2. The monoisotopic (exact) mass is 346 g/mol. The molecule has 0 heterocycles. The van der Waals surface area contributed by atoms with Gasteiger partial charge in [-0.15, -0.1) is 0 Å². The van der Waals surface area contributed by atoms with Crippen molar-refractivity contribution in [1.29, 1.82) is 0 Å². The molecule has 2 N–H and O–H groups in total. The highest BCUT2D eigenvalue weighted by Gasteiger charge is 2.14. The van der Waals surface area contributed by atoms with Gasteiger partial charge in [0.05, 0.1) is 17.1 Å². The van der Waals surface area contributed by atoms with E-state index in [0.29, 0.717) is 11.3 Å². The van der Waals surface area contributed by atoms with Crippen LogP contribution >= 0.6 is 0 Å². The van der Waals surface area contributed by atoms with Crippen molar-refractivity contribution >= 4 is 32.9 Å². The average molecular weight is 346 g/mol. The molecular weight excluding hydrogens is 328 g/mol. The number of rotatable bonds is 6. The first kappa shape index (κ1) is 17.7. The van der Waals surface area contributed by atoms with Crippen molar-refractivity contribution in [2.24, 2.45) is 0 Å². The first-order valence-electron chi connectivity index (χ1n) is 7.21. The van der Waals surface area contributed by atoms with E-state index in [1.807, 2.05) is 0 Å². The smallest absolute Gasteiger partial charge is 0.243 e. The Morgan fingerprint density at radius 3 is 2.42 bits per heavy atom. The number of carbonyl (C=O) groups excluding carboxylic acids is 2. The lowest BCUT2D eigenvalue weighted by Crippen LogP contribution is -2.22. The SMILES string of the molecule is CC(=O)c1cccc(NCC(=O)Nc2ccccc2S(C)(=O)=O)c1. The van der Waals surface area contributed by atoms with Gasteiger partial charge in [0.1, 0.15) is 0 Å². The molecule has 0 saturated carbocycles. The van der Waals surface area contributed by atoms with Gasteiger partial charge < -0.3 is 10.6 Å². The summed E-state index contributed by atoms with van der Waals surface area (Å²) in [4.78, 5) is 23.5. The molecule has 2 aromatic carbocycles. The van der Waals surface area contributed by atoms with E-state index in [1.165, 1.54) is 19.1 Å². The van der Waals surface area contributed by atoms with Crippen molar-refractivity contribution in [3.63, 3.8) is 0 Å². The van der Waals surface area contributed by atoms with Crippen molar-refractivity contribution in [1.82, 2.24) is 0 Å². The van der Waals surface area contributed by atoms with Crippen LogP contribution in [-0.2, 0) is 14.6 Å². The van der Waals surface area contributed by atoms with E-state index in [1.54, 1.807) is 36.4 Å². The molecule has 0 aliphatic carbocycles. The number of ketones is 1. The Kier molecular flexibility index (Phi) is 5.35. The summed E-state index contributed by atoms with van der Waals surface area (Å²) in [5.41, 5.74) is 1.42. The summed E-state index contributed by atoms with van der Waals surface area (Å²) < 4.78 is 23.4. The second-order valence-electron chi connectivity index (χ2n) is 5.31. The lowest BCUT2D eigenvalue weighted by atomic mass is 10.1. The number of hydrogen-bond acceptors (Lipinski definition) is 5. The molecule has 6 nitrogen and oxygen atoms in total.